The fourth-order valence-electron chi connectivity index (χ4n) is 1.97. The van der Waals surface area contributed by atoms with Crippen molar-refractivity contribution in [3.63, 3.8) is 0 Å². The van der Waals surface area contributed by atoms with Crippen molar-refractivity contribution in [3.05, 3.63) is 48.0 Å². The van der Waals surface area contributed by atoms with Gasteiger partial charge in [0.2, 0.25) is 11.3 Å². The molecule has 0 radical (unpaired) electrons. The third-order valence-electron chi connectivity index (χ3n) is 2.97. The number of nitrogens with one attached hydrogen (secondary N) is 1. The highest BCUT2D eigenvalue weighted by molar-refractivity contribution is 6.33. The summed E-state index contributed by atoms with van der Waals surface area (Å²) in [5.41, 5.74) is 1.32. The number of benzene rings is 1. The summed E-state index contributed by atoms with van der Waals surface area (Å²) in [5.74, 6) is 0.981. The summed E-state index contributed by atoms with van der Waals surface area (Å²) in [6.07, 6.45) is 5.01. The molecular formula is C13H8ClN7O. The maximum atomic E-state index is 6.17. The van der Waals surface area contributed by atoms with E-state index in [9.17, 15) is 0 Å². The number of para-hydroxylation sites is 1. The molecule has 0 saturated carbocycles. The minimum atomic E-state index is 0.304. The lowest BCUT2D eigenvalue weighted by atomic mass is 10.3. The summed E-state index contributed by atoms with van der Waals surface area (Å²) in [7, 11) is 0. The number of fused-ring (bicyclic) bond motifs is 1. The minimum Gasteiger partial charge on any atom is -0.336 e. The first-order valence-corrected chi connectivity index (χ1v) is 6.69. The molecule has 0 amide bonds. The molecule has 3 aromatic heterocycles. The van der Waals surface area contributed by atoms with E-state index in [2.05, 4.69) is 35.2 Å². The zero-order valence-corrected chi connectivity index (χ0v) is 11.8. The number of halogens is 1. The molecule has 0 bridgehead atoms. The van der Waals surface area contributed by atoms with Gasteiger partial charge in [-0.15, -0.1) is 0 Å². The molecular weight excluding hydrogens is 306 g/mol. The Kier molecular flexibility index (Phi) is 2.94. The Morgan fingerprint density at radius 2 is 1.91 bits per heavy atom. The maximum absolute atomic E-state index is 6.17. The predicted molar refractivity (Wildman–Crippen MR) is 79.3 cm³/mol. The molecule has 0 unspecified atom stereocenters. The molecule has 3 heterocycles. The Morgan fingerprint density at radius 3 is 2.68 bits per heavy atom. The van der Waals surface area contributed by atoms with Gasteiger partial charge in [0.1, 0.15) is 6.33 Å². The zero-order chi connectivity index (χ0) is 14.9. The molecule has 0 aliphatic heterocycles. The summed E-state index contributed by atoms with van der Waals surface area (Å²) in [4.78, 5) is 12.8. The van der Waals surface area contributed by atoms with Crippen molar-refractivity contribution >= 4 is 34.4 Å². The summed E-state index contributed by atoms with van der Waals surface area (Å²) >= 11 is 6.17. The van der Waals surface area contributed by atoms with E-state index in [1.807, 2.05) is 18.2 Å². The Balaban J connectivity index is 1.88. The third-order valence-corrected chi connectivity index (χ3v) is 3.30. The number of hydrogen-bond acceptors (Lipinski definition) is 7. The Morgan fingerprint density at radius 1 is 1.09 bits per heavy atom. The van der Waals surface area contributed by atoms with Crippen molar-refractivity contribution in [2.24, 2.45) is 0 Å². The molecule has 22 heavy (non-hydrogen) atoms. The first-order chi connectivity index (χ1) is 10.8. The predicted octanol–water partition coefficient (Wildman–Crippen LogP) is 2.60. The van der Waals surface area contributed by atoms with E-state index in [1.54, 1.807) is 29.4 Å². The second kappa shape index (κ2) is 5.08. The normalized spacial score (nSPS) is 11.0. The highest BCUT2D eigenvalue weighted by atomic mass is 35.5. The second-order valence-corrected chi connectivity index (χ2v) is 4.79. The molecule has 0 saturated heterocycles. The van der Waals surface area contributed by atoms with Crippen molar-refractivity contribution in [1.29, 1.82) is 0 Å². The van der Waals surface area contributed by atoms with Crippen LogP contribution in [0.5, 0.6) is 0 Å². The van der Waals surface area contributed by atoms with Gasteiger partial charge in [0, 0.05) is 12.4 Å². The molecule has 0 aliphatic rings. The molecule has 0 atom stereocenters. The summed E-state index contributed by atoms with van der Waals surface area (Å²) in [6.45, 7) is 0. The van der Waals surface area contributed by atoms with Crippen LogP contribution in [0.2, 0.25) is 5.02 Å². The lowest BCUT2D eigenvalue weighted by Gasteiger charge is -2.11. The van der Waals surface area contributed by atoms with Crippen LogP contribution in [0.1, 0.15) is 0 Å². The van der Waals surface area contributed by atoms with Gasteiger partial charge >= 0.3 is 0 Å². The summed E-state index contributed by atoms with van der Waals surface area (Å²) in [5, 5.41) is 11.1. The number of nitrogens with zero attached hydrogens (tertiary/aromatic N) is 6. The van der Waals surface area contributed by atoms with Crippen LogP contribution in [0.25, 0.3) is 17.1 Å². The van der Waals surface area contributed by atoms with Gasteiger partial charge in [0.05, 0.1) is 10.7 Å². The molecule has 108 valence electrons. The van der Waals surface area contributed by atoms with E-state index >= 15 is 0 Å². The van der Waals surface area contributed by atoms with Crippen LogP contribution in [0, 0.1) is 0 Å². The quantitative estimate of drug-likeness (QED) is 0.621. The van der Waals surface area contributed by atoms with Gasteiger partial charge in [0.25, 0.3) is 0 Å². The van der Waals surface area contributed by atoms with Gasteiger partial charge in [-0.05, 0) is 22.4 Å². The fourth-order valence-corrected chi connectivity index (χ4v) is 2.15. The molecule has 1 aromatic carbocycles. The minimum absolute atomic E-state index is 0.304. The smallest absolute Gasteiger partial charge is 0.245 e. The molecule has 9 heteroatoms. The van der Waals surface area contributed by atoms with Crippen molar-refractivity contribution in [2.45, 2.75) is 0 Å². The van der Waals surface area contributed by atoms with E-state index in [-0.39, 0.29) is 0 Å². The zero-order valence-electron chi connectivity index (χ0n) is 11.0. The van der Waals surface area contributed by atoms with Gasteiger partial charge in [-0.2, -0.15) is 0 Å². The van der Waals surface area contributed by atoms with E-state index in [1.165, 1.54) is 0 Å². The van der Waals surface area contributed by atoms with E-state index in [0.29, 0.717) is 33.6 Å². The highest BCUT2D eigenvalue weighted by Crippen LogP contribution is 2.27. The van der Waals surface area contributed by atoms with Crippen molar-refractivity contribution in [3.8, 4) is 5.82 Å². The molecule has 4 rings (SSSR count). The van der Waals surface area contributed by atoms with Gasteiger partial charge < -0.3 is 5.32 Å². The van der Waals surface area contributed by atoms with Crippen LogP contribution in [0.15, 0.2) is 47.6 Å². The topological polar surface area (TPSA) is 94.5 Å². The average molecular weight is 314 g/mol. The SMILES string of the molecule is Clc1ccccc1Nc1nc2nonc2nc1-n1ccnc1. The van der Waals surface area contributed by atoms with E-state index in [0.717, 1.165) is 0 Å². The van der Waals surface area contributed by atoms with Crippen LogP contribution < -0.4 is 5.32 Å². The Bertz CT molecular complexity index is 935. The van der Waals surface area contributed by atoms with Crippen LogP contribution in [-0.2, 0) is 0 Å². The van der Waals surface area contributed by atoms with Crippen molar-refractivity contribution in [2.75, 3.05) is 5.32 Å². The molecule has 4 aromatic rings. The lowest BCUT2D eigenvalue weighted by Crippen LogP contribution is -2.05. The molecule has 0 fully saturated rings. The maximum Gasteiger partial charge on any atom is 0.245 e. The number of hydrogen-bond donors (Lipinski definition) is 1. The Hall–Kier alpha value is -3.00. The van der Waals surface area contributed by atoms with Crippen LogP contribution in [0.4, 0.5) is 11.5 Å². The van der Waals surface area contributed by atoms with Crippen molar-refractivity contribution in [1.82, 2.24) is 29.8 Å². The number of imidazole rings is 1. The average Bonchev–Trinajstić information content (AvgIpc) is 3.19. The van der Waals surface area contributed by atoms with E-state index in [4.69, 9.17) is 11.6 Å². The fraction of sp³-hybridized carbons (Fsp3) is 0. The number of rotatable bonds is 3. The first kappa shape index (κ1) is 12.7. The van der Waals surface area contributed by atoms with E-state index < -0.39 is 0 Å². The summed E-state index contributed by atoms with van der Waals surface area (Å²) < 4.78 is 6.37. The van der Waals surface area contributed by atoms with Gasteiger partial charge in [-0.1, -0.05) is 23.7 Å². The molecule has 0 spiro atoms. The standard InChI is InChI=1S/C13H8ClN7O/c14-8-3-1-2-4-9(8)16-12-13(21-6-5-15-7-21)18-11-10(17-12)19-22-20-11/h1-7H,(H,16,17,19). The van der Waals surface area contributed by atoms with Crippen LogP contribution in [0.3, 0.4) is 0 Å². The largest absolute Gasteiger partial charge is 0.336 e. The second-order valence-electron chi connectivity index (χ2n) is 4.38. The number of anilines is 2. The van der Waals surface area contributed by atoms with Gasteiger partial charge in [-0.25, -0.2) is 19.6 Å². The molecule has 1 N–H and O–H groups in total. The van der Waals surface area contributed by atoms with Gasteiger partial charge in [-0.3, -0.25) is 4.57 Å². The third kappa shape index (κ3) is 2.15. The summed E-state index contributed by atoms with van der Waals surface area (Å²) in [6, 6.07) is 7.34. The number of aromatic nitrogens is 6. The first-order valence-electron chi connectivity index (χ1n) is 6.31. The molecule has 8 nitrogen and oxygen atoms in total. The lowest BCUT2D eigenvalue weighted by molar-refractivity contribution is 0.314. The highest BCUT2D eigenvalue weighted by Gasteiger charge is 2.15. The van der Waals surface area contributed by atoms with Crippen LogP contribution in [-0.4, -0.2) is 29.8 Å². The molecule has 0 aliphatic carbocycles. The van der Waals surface area contributed by atoms with Crippen molar-refractivity contribution < 1.29 is 4.63 Å². The van der Waals surface area contributed by atoms with Gasteiger partial charge in [0.15, 0.2) is 11.6 Å². The Labute approximate surface area is 128 Å². The monoisotopic (exact) mass is 313 g/mol. The van der Waals surface area contributed by atoms with Crippen LogP contribution >= 0.6 is 11.6 Å².